The Bertz CT molecular complexity index is 703. The van der Waals surface area contributed by atoms with Crippen LogP contribution < -0.4 is 0 Å². The van der Waals surface area contributed by atoms with Gasteiger partial charge in [0.25, 0.3) is 5.91 Å². The van der Waals surface area contributed by atoms with Gasteiger partial charge in [-0.15, -0.1) is 0 Å². The summed E-state index contributed by atoms with van der Waals surface area (Å²) in [6.07, 6.45) is 5.75. The standard InChI is InChI=1S/C17H17BrN2O3/c1-20-14(9-3-2-6-19-8-9)13-15(21)11-7-10(18)4-5-12(11)23-16(13)17(20)22/h2-3,6,8,10-12,14H,4-5,7H2,1H3. The Kier molecular flexibility index (Phi) is 3.52. The summed E-state index contributed by atoms with van der Waals surface area (Å²) in [6, 6.07) is 3.32. The number of pyridine rings is 1. The lowest BCUT2D eigenvalue weighted by molar-refractivity contribution is -0.134. The molecule has 1 aromatic heterocycles. The first-order valence-corrected chi connectivity index (χ1v) is 8.75. The first-order valence-electron chi connectivity index (χ1n) is 7.84. The van der Waals surface area contributed by atoms with Gasteiger partial charge in [-0.2, -0.15) is 0 Å². The summed E-state index contributed by atoms with van der Waals surface area (Å²) in [5, 5.41) is 0. The molecule has 2 aliphatic heterocycles. The first-order chi connectivity index (χ1) is 11.1. The third kappa shape index (κ3) is 2.23. The van der Waals surface area contributed by atoms with Crippen molar-refractivity contribution in [1.82, 2.24) is 9.88 Å². The zero-order chi connectivity index (χ0) is 16.1. The van der Waals surface area contributed by atoms with Crippen molar-refractivity contribution in [3.05, 3.63) is 41.4 Å². The summed E-state index contributed by atoms with van der Waals surface area (Å²) in [5.41, 5.74) is 1.35. The molecule has 1 fully saturated rings. The lowest BCUT2D eigenvalue weighted by atomic mass is 9.77. The van der Waals surface area contributed by atoms with Crippen LogP contribution in [0.25, 0.3) is 0 Å². The van der Waals surface area contributed by atoms with E-state index in [9.17, 15) is 9.59 Å². The molecule has 1 amide bonds. The maximum atomic E-state index is 13.1. The van der Waals surface area contributed by atoms with E-state index in [1.807, 2.05) is 12.1 Å². The van der Waals surface area contributed by atoms with E-state index in [-0.39, 0.29) is 29.5 Å². The topological polar surface area (TPSA) is 59.5 Å². The number of hydrogen-bond acceptors (Lipinski definition) is 4. The molecule has 0 radical (unpaired) electrons. The predicted octanol–water partition coefficient (Wildman–Crippen LogP) is 2.38. The minimum absolute atomic E-state index is 0.0620. The number of halogens is 1. The van der Waals surface area contributed by atoms with Gasteiger partial charge in [-0.3, -0.25) is 14.6 Å². The average molecular weight is 377 g/mol. The Morgan fingerprint density at radius 2 is 2.17 bits per heavy atom. The molecule has 4 atom stereocenters. The predicted molar refractivity (Wildman–Crippen MR) is 86.7 cm³/mol. The van der Waals surface area contributed by atoms with Crippen LogP contribution in [-0.2, 0) is 14.3 Å². The number of aromatic nitrogens is 1. The number of nitrogens with zero attached hydrogens (tertiary/aromatic N) is 2. The van der Waals surface area contributed by atoms with E-state index in [0.717, 1.165) is 24.8 Å². The molecule has 3 aliphatic rings. The highest BCUT2D eigenvalue weighted by molar-refractivity contribution is 9.09. The van der Waals surface area contributed by atoms with Crippen LogP contribution in [0.3, 0.4) is 0 Å². The molecule has 4 unspecified atom stereocenters. The van der Waals surface area contributed by atoms with E-state index in [2.05, 4.69) is 20.9 Å². The maximum absolute atomic E-state index is 13.1. The first kappa shape index (κ1) is 14.9. The van der Waals surface area contributed by atoms with Crippen LogP contribution in [0.2, 0.25) is 0 Å². The van der Waals surface area contributed by atoms with E-state index in [1.165, 1.54) is 0 Å². The van der Waals surface area contributed by atoms with E-state index in [0.29, 0.717) is 10.4 Å². The van der Waals surface area contributed by atoms with Gasteiger partial charge < -0.3 is 9.64 Å². The fourth-order valence-electron chi connectivity index (χ4n) is 3.86. The van der Waals surface area contributed by atoms with Crippen molar-refractivity contribution in [2.24, 2.45) is 5.92 Å². The molecule has 0 spiro atoms. The summed E-state index contributed by atoms with van der Waals surface area (Å²) in [7, 11) is 1.71. The molecule has 0 aromatic carbocycles. The highest BCUT2D eigenvalue weighted by Crippen LogP contribution is 2.46. The Morgan fingerprint density at radius 3 is 2.91 bits per heavy atom. The van der Waals surface area contributed by atoms with Gasteiger partial charge in [-0.1, -0.05) is 22.0 Å². The highest BCUT2D eigenvalue weighted by Gasteiger charge is 2.51. The lowest BCUT2D eigenvalue weighted by Gasteiger charge is -2.37. The van der Waals surface area contributed by atoms with Crippen molar-refractivity contribution in [1.29, 1.82) is 0 Å². The minimum Gasteiger partial charge on any atom is -0.483 e. The molecular formula is C17H17BrN2O3. The number of ether oxygens (including phenoxy) is 1. The lowest BCUT2D eigenvalue weighted by Crippen LogP contribution is -2.41. The van der Waals surface area contributed by atoms with Crippen LogP contribution in [0.4, 0.5) is 0 Å². The van der Waals surface area contributed by atoms with Crippen LogP contribution in [0.5, 0.6) is 0 Å². The Labute approximate surface area is 142 Å². The number of hydrogen-bond donors (Lipinski definition) is 0. The van der Waals surface area contributed by atoms with Crippen LogP contribution in [-0.4, -0.2) is 39.6 Å². The van der Waals surface area contributed by atoms with Gasteiger partial charge in [0.1, 0.15) is 6.10 Å². The second-order valence-corrected chi connectivity index (χ2v) is 7.68. The summed E-state index contributed by atoms with van der Waals surface area (Å²) in [6.45, 7) is 0. The number of carbonyl (C=O) groups excluding carboxylic acids is 2. The zero-order valence-electron chi connectivity index (χ0n) is 12.7. The van der Waals surface area contributed by atoms with E-state index in [4.69, 9.17) is 4.74 Å². The fourth-order valence-corrected chi connectivity index (χ4v) is 4.53. The number of likely N-dealkylation sites (N-methyl/N-ethyl adjacent to an activating group) is 1. The number of amides is 1. The number of Topliss-reactive ketones (excluding diaryl/α,β-unsaturated/α-hetero) is 1. The van der Waals surface area contributed by atoms with Crippen molar-refractivity contribution in [2.75, 3.05) is 7.05 Å². The van der Waals surface area contributed by atoms with Crippen LogP contribution in [0, 0.1) is 5.92 Å². The molecule has 5 nitrogen and oxygen atoms in total. The third-order valence-corrected chi connectivity index (χ3v) is 5.85. The summed E-state index contributed by atoms with van der Waals surface area (Å²) in [5.74, 6) is -0.0560. The van der Waals surface area contributed by atoms with Gasteiger partial charge in [0.15, 0.2) is 11.5 Å². The van der Waals surface area contributed by atoms with Crippen molar-refractivity contribution >= 4 is 27.6 Å². The monoisotopic (exact) mass is 376 g/mol. The van der Waals surface area contributed by atoms with Crippen molar-refractivity contribution in [2.45, 2.75) is 36.2 Å². The summed E-state index contributed by atoms with van der Waals surface area (Å²) < 4.78 is 5.99. The van der Waals surface area contributed by atoms with Crippen LogP contribution >= 0.6 is 15.9 Å². The molecule has 1 aliphatic carbocycles. The molecule has 120 valence electrons. The van der Waals surface area contributed by atoms with E-state index in [1.54, 1.807) is 24.3 Å². The molecule has 0 bridgehead atoms. The molecule has 4 rings (SSSR count). The Morgan fingerprint density at radius 1 is 1.35 bits per heavy atom. The van der Waals surface area contributed by atoms with Crippen LogP contribution in [0.1, 0.15) is 30.9 Å². The van der Waals surface area contributed by atoms with E-state index < -0.39 is 6.04 Å². The SMILES string of the molecule is CN1C(=O)C2=C(C(=O)C3CC(Br)CCC3O2)C1c1cccnc1. The molecule has 23 heavy (non-hydrogen) atoms. The van der Waals surface area contributed by atoms with E-state index >= 15 is 0 Å². The highest BCUT2D eigenvalue weighted by atomic mass is 79.9. The summed E-state index contributed by atoms with van der Waals surface area (Å²) >= 11 is 3.62. The van der Waals surface area contributed by atoms with Gasteiger partial charge in [-0.05, 0) is 30.9 Å². The van der Waals surface area contributed by atoms with Gasteiger partial charge in [-0.25, -0.2) is 0 Å². The molecule has 1 aromatic rings. The van der Waals surface area contributed by atoms with Gasteiger partial charge in [0.05, 0.1) is 17.5 Å². The van der Waals surface area contributed by atoms with Gasteiger partial charge in [0.2, 0.25) is 0 Å². The Hall–Kier alpha value is -1.69. The van der Waals surface area contributed by atoms with Gasteiger partial charge in [0, 0.05) is 24.3 Å². The fraction of sp³-hybridized carbons (Fsp3) is 0.471. The largest absolute Gasteiger partial charge is 0.483 e. The number of ketones is 1. The molecule has 1 saturated carbocycles. The Balaban J connectivity index is 1.78. The molecule has 3 heterocycles. The number of rotatable bonds is 1. The molecular weight excluding hydrogens is 360 g/mol. The average Bonchev–Trinajstić information content (AvgIpc) is 2.81. The van der Waals surface area contributed by atoms with Gasteiger partial charge >= 0.3 is 0 Å². The quantitative estimate of drug-likeness (QED) is 0.706. The smallest absolute Gasteiger partial charge is 0.289 e. The summed E-state index contributed by atoms with van der Waals surface area (Å²) in [4.78, 5) is 31.7. The second kappa shape index (κ2) is 5.44. The second-order valence-electron chi connectivity index (χ2n) is 6.39. The van der Waals surface area contributed by atoms with Crippen molar-refractivity contribution in [3.63, 3.8) is 0 Å². The zero-order valence-corrected chi connectivity index (χ0v) is 14.3. The normalized spacial score (nSPS) is 33.4. The molecule has 0 N–H and O–H groups in total. The maximum Gasteiger partial charge on any atom is 0.289 e. The number of carbonyl (C=O) groups is 2. The number of fused-ring (bicyclic) bond motifs is 1. The minimum atomic E-state index is -0.393. The number of alkyl halides is 1. The third-order valence-electron chi connectivity index (χ3n) is 5.01. The van der Waals surface area contributed by atoms with Crippen molar-refractivity contribution < 1.29 is 14.3 Å². The van der Waals surface area contributed by atoms with Crippen molar-refractivity contribution in [3.8, 4) is 0 Å². The molecule has 0 saturated heterocycles. The molecule has 6 heteroatoms. The van der Waals surface area contributed by atoms with Crippen LogP contribution in [0.15, 0.2) is 35.9 Å².